The first kappa shape index (κ1) is 59.3. The molecule has 3 aliphatic heterocycles. The predicted octanol–water partition coefficient (Wildman–Crippen LogP) is -1.53. The molecule has 1 aromatic rings. The molecule has 72 heavy (non-hydrogen) atoms. The Kier molecular flexibility index (Phi) is 23.8. The Labute approximate surface area is 422 Å². The van der Waals surface area contributed by atoms with E-state index in [1.807, 2.05) is 0 Å². The standard InChI is InChI=1S/C50H78N8O14/c1-5-28(2)25-29(3)13-10-8-6-7-9-11-15-38(64)53-34-14-12-23-52-48(70)42-37(63)21-24-57(42)50(72)40(36(62)20-22-51)55-47(69)41(44(66)43(65)31-16-18-32(60)19-17-31)56-46(68)35-26-33(61)27-58(35)49(71)39(30(4)59)54-45(34)67/h16-19,28-30,33-37,39-44,59,61-63,65-66H,1,4-15,20-27,51H2,2-3H3,(H4-2,52,53,54,55,56,60,64,67,68,69,70)/p+2. The normalized spacial score (nSPS) is 27.7. The molecule has 0 bridgehead atoms. The molecule has 22 nitrogen and oxygen atoms in total. The number of phenolic OH excluding ortho intramolecular Hbond substituents is 1. The van der Waals surface area contributed by atoms with Gasteiger partial charge in [0.05, 0.1) is 38.6 Å². The van der Waals surface area contributed by atoms with Gasteiger partial charge in [0.25, 0.3) is 5.91 Å². The molecule has 3 saturated heterocycles. The van der Waals surface area contributed by atoms with Gasteiger partial charge in [-0.25, -0.2) is 0 Å². The van der Waals surface area contributed by atoms with Crippen molar-refractivity contribution < 1.29 is 69.3 Å². The number of hydrogen-bond acceptors (Lipinski definition) is 15. The molecule has 3 aliphatic rings. The zero-order valence-electron chi connectivity index (χ0n) is 41.7. The van der Waals surface area contributed by atoms with Gasteiger partial charge in [-0.2, -0.15) is 0 Å². The number of aromatic hydroxyl groups is 1. The number of aliphatic hydroxyl groups excluding tert-OH is 6. The van der Waals surface area contributed by atoms with E-state index >= 15 is 0 Å². The fraction of sp³-hybridized carbons (Fsp3) is 0.700. The Balaban J connectivity index is 1.62. The summed E-state index contributed by atoms with van der Waals surface area (Å²) in [5.74, 6) is -5.84. The van der Waals surface area contributed by atoms with E-state index < -0.39 is 127 Å². The number of nitrogens with two attached hydrogens (primary N) is 1. The van der Waals surface area contributed by atoms with Gasteiger partial charge in [-0.05, 0) is 74.6 Å². The van der Waals surface area contributed by atoms with Crippen LogP contribution in [0.15, 0.2) is 24.3 Å². The minimum absolute atomic E-state index is 0.0352. The molecular weight excluding hydrogens is 937 g/mol. The Morgan fingerprint density at radius 2 is 1.42 bits per heavy atom. The minimum atomic E-state index is -2.24. The average molecular weight is 1020 g/mol. The van der Waals surface area contributed by atoms with E-state index in [-0.39, 0.29) is 63.1 Å². The van der Waals surface area contributed by atoms with E-state index in [0.717, 1.165) is 61.2 Å². The molecule has 0 saturated carbocycles. The molecule has 0 aliphatic carbocycles. The van der Waals surface area contributed by atoms with Gasteiger partial charge in [-0.1, -0.05) is 64.5 Å². The highest BCUT2D eigenvalue weighted by Crippen LogP contribution is 2.26. The first-order chi connectivity index (χ1) is 34.2. The third-order valence-electron chi connectivity index (χ3n) is 13.9. The number of benzene rings is 1. The van der Waals surface area contributed by atoms with E-state index in [1.165, 1.54) is 24.3 Å². The topological polar surface area (TPSA) is 354 Å². The maximum atomic E-state index is 14.3. The van der Waals surface area contributed by atoms with E-state index in [2.05, 4.69) is 54.3 Å². The Morgan fingerprint density at radius 3 is 2.07 bits per heavy atom. The van der Waals surface area contributed by atoms with Crippen LogP contribution < -0.4 is 32.3 Å². The second-order valence-corrected chi connectivity index (χ2v) is 19.9. The number of phenols is 1. The molecule has 3 heterocycles. The molecule has 1 aromatic carbocycles. The zero-order chi connectivity index (χ0) is 53.2. The molecule has 14 N–H and O–H groups in total. The highest BCUT2D eigenvalue weighted by molar-refractivity contribution is 5.98. The summed E-state index contributed by atoms with van der Waals surface area (Å²) >= 11 is 0. The van der Waals surface area contributed by atoms with Crippen molar-refractivity contribution in [2.24, 2.45) is 17.6 Å². The van der Waals surface area contributed by atoms with E-state index in [1.54, 1.807) is 0 Å². The summed E-state index contributed by atoms with van der Waals surface area (Å²) < 4.78 is 0. The maximum Gasteiger partial charge on any atom is 0.253 e. The van der Waals surface area contributed by atoms with Gasteiger partial charge in [0, 0.05) is 32.5 Å². The van der Waals surface area contributed by atoms with Crippen LogP contribution in [0.4, 0.5) is 0 Å². The minimum Gasteiger partial charge on any atom is -0.508 e. The summed E-state index contributed by atoms with van der Waals surface area (Å²) in [5.41, 5.74) is 5.68. The lowest BCUT2D eigenvalue weighted by atomic mass is 9.91. The number of nitrogens with zero attached hydrogens (tertiary/aromatic N) is 2. The summed E-state index contributed by atoms with van der Waals surface area (Å²) in [6.07, 6.45) is -2.69. The lowest BCUT2D eigenvalue weighted by Crippen LogP contribution is -2.64. The smallest absolute Gasteiger partial charge is 0.253 e. The van der Waals surface area contributed by atoms with Crippen LogP contribution in [0.5, 0.6) is 5.75 Å². The molecule has 22 heteroatoms. The second kappa shape index (κ2) is 28.9. The number of aliphatic hydroxyl groups is 6. The second-order valence-electron chi connectivity index (χ2n) is 19.9. The maximum absolute atomic E-state index is 14.3. The molecule has 0 radical (unpaired) electrons. The van der Waals surface area contributed by atoms with Crippen LogP contribution in [-0.4, -0.2) is 180 Å². The number of unbranched alkanes of at least 4 members (excludes halogenated alkanes) is 5. The third kappa shape index (κ3) is 16.9. The van der Waals surface area contributed by atoms with Crippen molar-refractivity contribution in [1.29, 1.82) is 0 Å². The van der Waals surface area contributed by atoms with Crippen molar-refractivity contribution in [2.75, 3.05) is 26.2 Å². The molecule has 14 unspecified atom stereocenters. The fourth-order valence-electron chi connectivity index (χ4n) is 9.65. The first-order valence-electron chi connectivity index (χ1n) is 25.5. The van der Waals surface area contributed by atoms with Gasteiger partial charge in [0.2, 0.25) is 41.5 Å². The molecule has 7 amide bonds. The van der Waals surface area contributed by atoms with Crippen LogP contribution in [0.3, 0.4) is 0 Å². The molecular formula is C50H80N8O14+2. The van der Waals surface area contributed by atoms with E-state index in [4.69, 9.17) is 5.73 Å². The van der Waals surface area contributed by atoms with Crippen molar-refractivity contribution in [3.63, 3.8) is 0 Å². The van der Waals surface area contributed by atoms with Crippen LogP contribution in [0.1, 0.15) is 122 Å². The number of carbonyl (C=O) groups is 7. The van der Waals surface area contributed by atoms with Gasteiger partial charge in [-0.3, -0.25) is 33.6 Å². The molecule has 402 valence electrons. The fourth-order valence-corrected chi connectivity index (χ4v) is 9.65. The number of amides is 7. The summed E-state index contributed by atoms with van der Waals surface area (Å²) in [7, 11) is 0. The summed E-state index contributed by atoms with van der Waals surface area (Å²) in [5, 5.41) is 89.0. The van der Waals surface area contributed by atoms with Crippen LogP contribution in [0.2, 0.25) is 0 Å². The average Bonchev–Trinajstić information content (AvgIpc) is 3.94. The van der Waals surface area contributed by atoms with Crippen molar-refractivity contribution in [3.05, 3.63) is 43.7 Å². The van der Waals surface area contributed by atoms with Crippen LogP contribution in [-0.2, 0) is 33.6 Å². The van der Waals surface area contributed by atoms with Crippen molar-refractivity contribution >= 4 is 41.4 Å². The largest absolute Gasteiger partial charge is 0.508 e. The van der Waals surface area contributed by atoms with E-state index in [9.17, 15) is 69.3 Å². The van der Waals surface area contributed by atoms with Gasteiger partial charge < -0.3 is 77.9 Å². The number of rotatable bonds is 20. The molecule has 0 aromatic heterocycles. The zero-order valence-corrected chi connectivity index (χ0v) is 41.7. The Morgan fingerprint density at radius 1 is 0.792 bits per heavy atom. The molecule has 4 rings (SSSR count). The van der Waals surface area contributed by atoms with Crippen LogP contribution in [0, 0.1) is 25.7 Å². The molecule has 0 spiro atoms. The van der Waals surface area contributed by atoms with Crippen molar-refractivity contribution in [2.45, 2.75) is 183 Å². The first-order valence-corrected chi connectivity index (χ1v) is 25.5. The lowest BCUT2D eigenvalue weighted by Gasteiger charge is -2.34. The monoisotopic (exact) mass is 1020 g/mol. The van der Waals surface area contributed by atoms with Crippen molar-refractivity contribution in [1.82, 2.24) is 36.4 Å². The number of carbonyl (C=O) groups excluding carboxylic acids is 7. The van der Waals surface area contributed by atoms with Gasteiger partial charge in [0.1, 0.15) is 48.2 Å². The Hall–Kier alpha value is -5.23. The number of nitrogens with one attached hydrogen (secondary N) is 5. The Bertz CT molecular complexity index is 1940. The van der Waals surface area contributed by atoms with Crippen LogP contribution in [0.25, 0.3) is 0 Å². The SMILES string of the molecule is [CH2+]CC(C)CC(C)CCCCCCCCC(=O)NC1CCCNC(=O)C2C(O)CCN2C(=O)C(C(O)CCN)NC(=O)C(C(O)C(O)c2ccc(O)cc2)NC(=O)C2CC(O)CN2C(=O)C(C([CH2+])O)NC1=O. The lowest BCUT2D eigenvalue weighted by molar-refractivity contribution is -0.148. The van der Waals surface area contributed by atoms with Crippen LogP contribution >= 0.6 is 0 Å². The molecule has 14 atom stereocenters. The van der Waals surface area contributed by atoms with Gasteiger partial charge >= 0.3 is 0 Å². The molecule has 3 fully saturated rings. The number of fused-ring (bicyclic) bond motifs is 2. The van der Waals surface area contributed by atoms with Gasteiger partial charge in [0.15, 0.2) is 6.04 Å². The van der Waals surface area contributed by atoms with Crippen molar-refractivity contribution in [3.8, 4) is 5.75 Å². The third-order valence-corrected chi connectivity index (χ3v) is 13.9. The highest BCUT2D eigenvalue weighted by atomic mass is 16.3. The predicted molar refractivity (Wildman–Crippen MR) is 262 cm³/mol. The quantitative estimate of drug-likeness (QED) is 0.0521. The number of hydrogen-bond donors (Lipinski definition) is 13. The highest BCUT2D eigenvalue weighted by Gasteiger charge is 2.48. The van der Waals surface area contributed by atoms with Gasteiger partial charge in [-0.15, -0.1) is 0 Å². The van der Waals surface area contributed by atoms with E-state index in [0.29, 0.717) is 18.3 Å². The summed E-state index contributed by atoms with van der Waals surface area (Å²) in [6.45, 7) is 10.9. The summed E-state index contributed by atoms with van der Waals surface area (Å²) in [6, 6.07) is -5.64. The summed E-state index contributed by atoms with van der Waals surface area (Å²) in [4.78, 5) is 100.